The van der Waals surface area contributed by atoms with Crippen LogP contribution < -0.4 is 9.88 Å². The molecular weight excluding hydrogens is 429 g/mol. The van der Waals surface area contributed by atoms with Crippen LogP contribution in [-0.2, 0) is 25.7 Å². The third kappa shape index (κ3) is 3.52. The van der Waals surface area contributed by atoms with Gasteiger partial charge in [0, 0.05) is 24.8 Å². The van der Waals surface area contributed by atoms with Gasteiger partial charge in [-0.05, 0) is 53.4 Å². The van der Waals surface area contributed by atoms with Crippen LogP contribution >= 0.6 is 0 Å². The zero-order valence-electron chi connectivity index (χ0n) is 18.5. The Labute approximate surface area is 196 Å². The number of aromatic hydroxyl groups is 1. The summed E-state index contributed by atoms with van der Waals surface area (Å²) in [6.07, 6.45) is 2.44. The van der Waals surface area contributed by atoms with Crippen LogP contribution in [0.3, 0.4) is 0 Å². The Hall–Kier alpha value is -4.06. The summed E-state index contributed by atoms with van der Waals surface area (Å²) in [4.78, 5) is 18.7. The summed E-state index contributed by atoms with van der Waals surface area (Å²) in [7, 11) is 0. The fraction of sp³-hybridized carbons (Fsp3) is 0.179. The van der Waals surface area contributed by atoms with Gasteiger partial charge in [0.05, 0.1) is 0 Å². The van der Waals surface area contributed by atoms with Crippen molar-refractivity contribution in [3.05, 3.63) is 107 Å². The molecule has 0 amide bonds. The number of aromatic nitrogens is 2. The number of aryl methyl sites for hydroxylation is 1. The molecule has 0 radical (unpaired) electrons. The van der Waals surface area contributed by atoms with Crippen LogP contribution in [0.2, 0.25) is 0 Å². The zero-order chi connectivity index (χ0) is 23.2. The van der Waals surface area contributed by atoms with Crippen molar-refractivity contribution in [2.75, 3.05) is 5.32 Å². The normalized spacial score (nSPS) is 15.9. The van der Waals surface area contributed by atoms with Gasteiger partial charge in [-0.25, -0.2) is 14.2 Å². The fourth-order valence-electron chi connectivity index (χ4n) is 5.02. The van der Waals surface area contributed by atoms with Gasteiger partial charge in [-0.15, -0.1) is 0 Å². The lowest BCUT2D eigenvalue weighted by Gasteiger charge is -2.20. The van der Waals surface area contributed by atoms with Crippen LogP contribution in [-0.4, -0.2) is 22.0 Å². The number of nitrogens with zero attached hydrogens (tertiary/aromatic N) is 2. The lowest BCUT2D eigenvalue weighted by Crippen LogP contribution is -2.48. The highest BCUT2D eigenvalue weighted by molar-refractivity contribution is 5.84. The number of anilines is 1. The zero-order valence-corrected chi connectivity index (χ0v) is 18.5. The molecule has 4 aromatic rings. The van der Waals surface area contributed by atoms with Crippen LogP contribution in [0, 0.1) is 5.82 Å². The first-order valence-electron chi connectivity index (χ1n) is 11.5. The van der Waals surface area contributed by atoms with E-state index in [1.165, 1.54) is 12.1 Å². The minimum atomic E-state index is -0.450. The number of nitrogens with one attached hydrogen (secondary N) is 1. The maximum atomic E-state index is 13.7. The van der Waals surface area contributed by atoms with Crippen molar-refractivity contribution in [2.24, 2.45) is 0 Å². The first-order valence-corrected chi connectivity index (χ1v) is 11.5. The Kier molecular flexibility index (Phi) is 4.87. The molecule has 0 fully saturated rings. The van der Waals surface area contributed by atoms with Crippen molar-refractivity contribution < 1.29 is 18.9 Å². The molecule has 2 aliphatic rings. The molecule has 1 aliphatic heterocycles. The number of fused-ring (bicyclic) bond motifs is 5. The molecule has 3 aromatic carbocycles. The monoisotopic (exact) mass is 452 g/mol. The molecule has 1 unspecified atom stereocenters. The van der Waals surface area contributed by atoms with Gasteiger partial charge in [0.2, 0.25) is 0 Å². The highest BCUT2D eigenvalue weighted by atomic mass is 19.1. The van der Waals surface area contributed by atoms with Gasteiger partial charge < -0.3 is 5.11 Å². The van der Waals surface area contributed by atoms with Gasteiger partial charge >= 0.3 is 11.7 Å². The second-order valence-electron chi connectivity index (χ2n) is 8.91. The summed E-state index contributed by atoms with van der Waals surface area (Å²) in [6.45, 7) is 0. The minimum Gasteiger partial charge on any atom is -0.508 e. The Morgan fingerprint density at radius 2 is 1.79 bits per heavy atom. The van der Waals surface area contributed by atoms with Gasteiger partial charge in [0.25, 0.3) is 0 Å². The van der Waals surface area contributed by atoms with Crippen LogP contribution in [0.15, 0.2) is 72.8 Å². The molecule has 6 rings (SSSR count). The fourth-order valence-corrected chi connectivity index (χ4v) is 5.02. The third-order valence-electron chi connectivity index (χ3n) is 6.66. The molecule has 0 bridgehead atoms. The van der Waals surface area contributed by atoms with E-state index in [1.807, 2.05) is 28.8 Å². The molecule has 2 heterocycles. The van der Waals surface area contributed by atoms with Crippen LogP contribution in [0.25, 0.3) is 11.3 Å². The maximum Gasteiger partial charge on any atom is 0.359 e. The lowest BCUT2D eigenvalue weighted by atomic mass is 9.91. The van der Waals surface area contributed by atoms with E-state index in [-0.39, 0.29) is 17.5 Å². The maximum absolute atomic E-state index is 13.7. The predicted molar refractivity (Wildman–Crippen MR) is 126 cm³/mol. The smallest absolute Gasteiger partial charge is 0.359 e. The van der Waals surface area contributed by atoms with E-state index >= 15 is 0 Å². The second kappa shape index (κ2) is 8.06. The van der Waals surface area contributed by atoms with Gasteiger partial charge in [-0.3, -0.25) is 5.32 Å². The standard InChI is InChI=1S/C28H22FN3O2/c29-20-9-6-18(7-10-20)15-24-28(34)32-25-13-8-19-16-21(33)11-12-22(19)26(25)30-23(27(32)31-24)14-17-4-2-1-3-5-17/h1-7,9-12,16,24,33H,8,13-15H2/p+1. The predicted octanol–water partition coefficient (Wildman–Crippen LogP) is 4.25. The van der Waals surface area contributed by atoms with Crippen molar-refractivity contribution in [3.63, 3.8) is 0 Å². The minimum absolute atomic E-state index is 0.0190. The Morgan fingerprint density at radius 3 is 2.59 bits per heavy atom. The average molecular weight is 453 g/mol. The molecule has 1 aromatic heterocycles. The summed E-state index contributed by atoms with van der Waals surface area (Å²) >= 11 is 0. The largest absolute Gasteiger partial charge is 0.508 e. The third-order valence-corrected chi connectivity index (χ3v) is 6.66. The summed E-state index contributed by atoms with van der Waals surface area (Å²) in [5.74, 6) is 0.661. The number of hydrogen-bond acceptors (Lipinski definition) is 4. The number of hydrogen-bond donors (Lipinski definition) is 2. The van der Waals surface area contributed by atoms with E-state index < -0.39 is 6.04 Å². The Balaban J connectivity index is 1.46. The van der Waals surface area contributed by atoms with E-state index in [9.17, 15) is 14.3 Å². The average Bonchev–Trinajstić information content (AvgIpc) is 3.17. The molecule has 1 aliphatic carbocycles. The first kappa shape index (κ1) is 20.5. The first-order chi connectivity index (χ1) is 16.6. The lowest BCUT2D eigenvalue weighted by molar-refractivity contribution is -0.561. The molecule has 1 atom stereocenters. The van der Waals surface area contributed by atoms with E-state index in [0.29, 0.717) is 19.3 Å². The Morgan fingerprint density at radius 1 is 1.00 bits per heavy atom. The van der Waals surface area contributed by atoms with Crippen LogP contribution in [0.1, 0.15) is 32.9 Å². The topological polar surface area (TPSA) is 66.1 Å². The van der Waals surface area contributed by atoms with Crippen molar-refractivity contribution in [1.82, 2.24) is 4.98 Å². The van der Waals surface area contributed by atoms with Crippen molar-refractivity contribution in [2.45, 2.75) is 31.7 Å². The van der Waals surface area contributed by atoms with E-state index in [0.717, 1.165) is 51.6 Å². The van der Waals surface area contributed by atoms with Crippen molar-refractivity contribution in [1.29, 1.82) is 0 Å². The molecule has 2 N–H and O–H groups in total. The SMILES string of the molecule is O=C1C(Cc2ccc(F)cc2)Nc2c(Cc3ccccc3)nc3c([n+]21)CCc1cc(O)ccc1-3. The van der Waals surface area contributed by atoms with Gasteiger partial charge in [0.15, 0.2) is 6.04 Å². The van der Waals surface area contributed by atoms with Crippen LogP contribution in [0.5, 0.6) is 5.75 Å². The molecular formula is C28H23FN3O2+. The number of halogens is 1. The highest BCUT2D eigenvalue weighted by Gasteiger charge is 2.44. The number of carbonyl (C=O) groups is 1. The summed E-state index contributed by atoms with van der Waals surface area (Å²) < 4.78 is 15.2. The molecule has 0 spiro atoms. The number of benzene rings is 3. The summed E-state index contributed by atoms with van der Waals surface area (Å²) in [5.41, 5.74) is 6.49. The van der Waals surface area contributed by atoms with Gasteiger partial charge in [-0.2, -0.15) is 4.57 Å². The van der Waals surface area contributed by atoms with E-state index in [1.54, 1.807) is 24.3 Å². The quantitative estimate of drug-likeness (QED) is 0.455. The highest BCUT2D eigenvalue weighted by Crippen LogP contribution is 2.35. The number of rotatable bonds is 4. The Bertz CT molecular complexity index is 1420. The summed E-state index contributed by atoms with van der Waals surface area (Å²) in [5, 5.41) is 13.4. The van der Waals surface area contributed by atoms with Crippen molar-refractivity contribution in [3.8, 4) is 17.0 Å². The number of carbonyl (C=O) groups excluding carboxylic acids is 1. The number of phenols is 1. The molecule has 34 heavy (non-hydrogen) atoms. The molecule has 5 nitrogen and oxygen atoms in total. The molecule has 6 heteroatoms. The van der Waals surface area contributed by atoms with Crippen molar-refractivity contribution >= 4 is 11.7 Å². The van der Waals surface area contributed by atoms with Crippen LogP contribution in [0.4, 0.5) is 10.2 Å². The molecule has 0 saturated heterocycles. The summed E-state index contributed by atoms with van der Waals surface area (Å²) in [6, 6.07) is 21.3. The van der Waals surface area contributed by atoms with Gasteiger partial charge in [-0.1, -0.05) is 42.5 Å². The molecule has 168 valence electrons. The van der Waals surface area contributed by atoms with E-state index in [2.05, 4.69) is 17.4 Å². The number of phenolic OH excluding ortho intramolecular Hbond substituents is 1. The van der Waals surface area contributed by atoms with E-state index in [4.69, 9.17) is 4.98 Å². The molecule has 0 saturated carbocycles. The second-order valence-corrected chi connectivity index (χ2v) is 8.91. The van der Waals surface area contributed by atoms with Gasteiger partial charge in [0.1, 0.15) is 28.6 Å².